The summed E-state index contributed by atoms with van der Waals surface area (Å²) in [6.07, 6.45) is 3.74. The van der Waals surface area contributed by atoms with Crippen LogP contribution in [0.1, 0.15) is 11.1 Å². The Morgan fingerprint density at radius 3 is 1.86 bits per heavy atom. The number of para-hydroxylation sites is 2. The average molecular weight is 509 g/mol. The van der Waals surface area contributed by atoms with Crippen molar-refractivity contribution in [1.29, 1.82) is 0 Å². The Morgan fingerprint density at radius 2 is 1.17 bits per heavy atom. The molecule has 0 unspecified atom stereocenters. The van der Waals surface area contributed by atoms with E-state index in [9.17, 15) is 0 Å². The molecule has 4 nitrogen and oxygen atoms in total. The van der Waals surface area contributed by atoms with E-state index in [1.807, 2.05) is 56.3 Å². The van der Waals surface area contributed by atoms with Crippen LogP contribution in [-0.4, -0.2) is 19.1 Å². The smallest absolute Gasteiger partial charge is 0.102 e. The normalized spacial score (nSPS) is 10.9. The van der Waals surface area contributed by atoms with Gasteiger partial charge < -0.3 is 9.13 Å². The number of fused-ring (bicyclic) bond motifs is 2. The first-order valence-corrected chi connectivity index (χ1v) is 13.8. The molecule has 4 aromatic carbocycles. The number of rotatable bonds is 6. The van der Waals surface area contributed by atoms with Crippen LogP contribution in [0, 0.1) is 0 Å². The molecule has 0 saturated carbocycles. The number of benzene rings is 4. The highest BCUT2D eigenvalue weighted by atomic mass is 32.2. The van der Waals surface area contributed by atoms with Crippen molar-refractivity contribution in [2.24, 2.45) is 14.1 Å². The minimum absolute atomic E-state index is 0.983. The molecular formula is C30H28N4S2. The van der Waals surface area contributed by atoms with Gasteiger partial charge in [0.25, 0.3) is 0 Å². The molecule has 36 heavy (non-hydrogen) atoms. The molecular weight excluding hydrogens is 480 g/mol. The van der Waals surface area contributed by atoms with Gasteiger partial charge in [-0.3, -0.25) is 0 Å². The summed E-state index contributed by atoms with van der Waals surface area (Å²) in [6.45, 7) is 0. The lowest BCUT2D eigenvalue weighted by Crippen LogP contribution is -1.87. The molecule has 0 spiro atoms. The van der Waals surface area contributed by atoms with Crippen molar-refractivity contribution in [3.63, 3.8) is 0 Å². The van der Waals surface area contributed by atoms with E-state index in [0.29, 0.717) is 0 Å². The van der Waals surface area contributed by atoms with Crippen LogP contribution in [0.25, 0.3) is 22.1 Å². The van der Waals surface area contributed by atoms with E-state index in [4.69, 9.17) is 0 Å². The van der Waals surface area contributed by atoms with Crippen molar-refractivity contribution in [2.45, 2.75) is 21.3 Å². The molecule has 2 aromatic heterocycles. The minimum atomic E-state index is 0.983. The first kappa shape index (κ1) is 24.2. The van der Waals surface area contributed by atoms with Crippen molar-refractivity contribution in [2.75, 3.05) is 0 Å². The lowest BCUT2D eigenvalue weighted by atomic mass is 10.2. The minimum Gasteiger partial charge on any atom is -0.334 e. The maximum atomic E-state index is 4.47. The second-order valence-corrected chi connectivity index (χ2v) is 10.5. The highest BCUT2D eigenvalue weighted by molar-refractivity contribution is 7.99. The molecule has 2 heterocycles. The molecule has 6 heteroatoms. The molecule has 180 valence electrons. The van der Waals surface area contributed by atoms with Crippen LogP contribution < -0.4 is 0 Å². The van der Waals surface area contributed by atoms with Crippen LogP contribution in [0.2, 0.25) is 0 Å². The lowest BCUT2D eigenvalue weighted by Gasteiger charge is -2.05. The highest BCUT2D eigenvalue weighted by Crippen LogP contribution is 2.30. The lowest BCUT2D eigenvalue weighted by molar-refractivity contribution is 0.938. The van der Waals surface area contributed by atoms with E-state index in [2.05, 4.69) is 110 Å². The fraction of sp³-hybridized carbons (Fsp3) is 0.133. The van der Waals surface area contributed by atoms with Crippen LogP contribution in [0.3, 0.4) is 0 Å². The average Bonchev–Trinajstić information content (AvgIpc) is 3.51. The second-order valence-electron chi connectivity index (χ2n) is 8.51. The van der Waals surface area contributed by atoms with Crippen molar-refractivity contribution >= 4 is 45.6 Å². The number of hydrogen-bond donors (Lipinski definition) is 0. The van der Waals surface area contributed by atoms with Gasteiger partial charge in [0.15, 0.2) is 0 Å². The highest BCUT2D eigenvalue weighted by Gasteiger charge is 2.07. The zero-order valence-corrected chi connectivity index (χ0v) is 22.0. The molecule has 0 aliphatic carbocycles. The van der Waals surface area contributed by atoms with Gasteiger partial charge in [-0.2, -0.15) is 0 Å². The number of aryl methyl sites for hydroxylation is 2. The summed E-state index contributed by atoms with van der Waals surface area (Å²) in [4.78, 5) is 11.4. The van der Waals surface area contributed by atoms with Gasteiger partial charge in [-0.15, -0.1) is 23.5 Å². The molecule has 0 radical (unpaired) electrons. The third-order valence-corrected chi connectivity index (χ3v) is 8.13. The molecule has 0 amide bonds. The van der Waals surface area contributed by atoms with E-state index >= 15 is 0 Å². The first-order valence-electron chi connectivity index (χ1n) is 11.8. The van der Waals surface area contributed by atoms with Crippen molar-refractivity contribution in [1.82, 2.24) is 19.1 Å². The van der Waals surface area contributed by atoms with Gasteiger partial charge >= 0.3 is 0 Å². The summed E-state index contributed by atoms with van der Waals surface area (Å²) in [5.74, 6) is 1.97. The SMILES string of the molecule is Cn1cnc2c(SCc3ccccc3)cccc21.Cn1cnc2cccc(SCc3ccccc3)c21. The summed E-state index contributed by atoms with van der Waals surface area (Å²) >= 11 is 3.70. The van der Waals surface area contributed by atoms with Gasteiger partial charge in [0, 0.05) is 35.4 Å². The van der Waals surface area contributed by atoms with Gasteiger partial charge in [0.2, 0.25) is 0 Å². The Kier molecular flexibility index (Phi) is 7.74. The Bertz CT molecular complexity index is 1560. The van der Waals surface area contributed by atoms with E-state index in [-0.39, 0.29) is 0 Å². The van der Waals surface area contributed by atoms with Gasteiger partial charge in [-0.1, -0.05) is 72.8 Å². The summed E-state index contributed by atoms with van der Waals surface area (Å²) in [7, 11) is 4.07. The third kappa shape index (κ3) is 5.66. The standard InChI is InChI=1S/2C15H14N2S/c1-17-11-16-15-13(17)8-5-9-14(15)18-10-12-6-3-2-4-7-12;1-17-11-16-13-8-5-9-14(15(13)17)18-10-12-6-3-2-4-7-12/h2*2-9,11H,10H2,1H3. The molecule has 0 fully saturated rings. The van der Waals surface area contributed by atoms with Crippen molar-refractivity contribution in [3.8, 4) is 0 Å². The molecule has 6 rings (SSSR count). The van der Waals surface area contributed by atoms with E-state index < -0.39 is 0 Å². The Morgan fingerprint density at radius 1 is 0.583 bits per heavy atom. The van der Waals surface area contributed by atoms with E-state index in [1.165, 1.54) is 32.0 Å². The first-order chi connectivity index (χ1) is 17.7. The van der Waals surface area contributed by atoms with Crippen LogP contribution in [0.4, 0.5) is 0 Å². The Balaban J connectivity index is 0.000000148. The number of aromatic nitrogens is 4. The van der Waals surface area contributed by atoms with Gasteiger partial charge in [0.1, 0.15) is 5.52 Å². The quantitative estimate of drug-likeness (QED) is 0.216. The van der Waals surface area contributed by atoms with Crippen molar-refractivity contribution < 1.29 is 0 Å². The maximum absolute atomic E-state index is 4.47. The van der Waals surface area contributed by atoms with Crippen LogP contribution in [-0.2, 0) is 25.6 Å². The number of thioether (sulfide) groups is 2. The van der Waals surface area contributed by atoms with Gasteiger partial charge in [-0.05, 0) is 35.4 Å². The summed E-state index contributed by atoms with van der Waals surface area (Å²) in [5, 5.41) is 0. The monoisotopic (exact) mass is 508 g/mol. The predicted octanol–water partition coefficient (Wildman–Crippen LogP) is 7.73. The van der Waals surface area contributed by atoms with E-state index in [0.717, 1.165) is 22.5 Å². The molecule has 0 aliphatic heterocycles. The number of imidazole rings is 2. The summed E-state index contributed by atoms with van der Waals surface area (Å²) < 4.78 is 4.14. The molecule has 0 atom stereocenters. The molecule has 0 bridgehead atoms. The number of hydrogen-bond acceptors (Lipinski definition) is 4. The van der Waals surface area contributed by atoms with Gasteiger partial charge in [-0.25, -0.2) is 9.97 Å². The molecule has 0 N–H and O–H groups in total. The third-order valence-electron chi connectivity index (χ3n) is 5.89. The molecule has 0 saturated heterocycles. The summed E-state index contributed by atoms with van der Waals surface area (Å²) in [5.41, 5.74) is 7.26. The fourth-order valence-electron chi connectivity index (χ4n) is 4.01. The second kappa shape index (κ2) is 11.5. The topological polar surface area (TPSA) is 35.6 Å². The van der Waals surface area contributed by atoms with Gasteiger partial charge in [0.05, 0.1) is 29.2 Å². The molecule has 0 aliphatic rings. The van der Waals surface area contributed by atoms with Crippen LogP contribution in [0.15, 0.2) is 120 Å². The zero-order valence-electron chi connectivity index (χ0n) is 20.4. The van der Waals surface area contributed by atoms with E-state index in [1.54, 1.807) is 0 Å². The predicted molar refractivity (Wildman–Crippen MR) is 153 cm³/mol. The Labute approximate surface area is 220 Å². The largest absolute Gasteiger partial charge is 0.334 e. The maximum Gasteiger partial charge on any atom is 0.102 e. The summed E-state index contributed by atoms with van der Waals surface area (Å²) in [6, 6.07) is 33.7. The fourth-order valence-corrected chi connectivity index (χ4v) is 6.07. The van der Waals surface area contributed by atoms with Crippen molar-refractivity contribution in [3.05, 3.63) is 121 Å². The Hall–Kier alpha value is -3.48. The van der Waals surface area contributed by atoms with Crippen LogP contribution >= 0.6 is 23.5 Å². The number of nitrogens with zero attached hydrogens (tertiary/aromatic N) is 4. The zero-order chi connectivity index (χ0) is 24.7. The molecule has 6 aromatic rings. The van der Waals surface area contributed by atoms with Crippen LogP contribution in [0.5, 0.6) is 0 Å².